The van der Waals surface area contributed by atoms with Gasteiger partial charge in [-0.2, -0.15) is 0 Å². The Labute approximate surface area is 105 Å². The molecule has 2 heteroatoms. The summed E-state index contributed by atoms with van der Waals surface area (Å²) in [4.78, 5) is 11.5. The number of hydrogen-bond acceptors (Lipinski definition) is 2. The van der Waals surface area contributed by atoms with E-state index in [0.29, 0.717) is 24.9 Å². The van der Waals surface area contributed by atoms with E-state index in [1.165, 1.54) is 11.1 Å². The van der Waals surface area contributed by atoms with Gasteiger partial charge in [0.1, 0.15) is 6.61 Å². The average Bonchev–Trinajstić information content (AvgIpc) is 2.57. The zero-order chi connectivity index (χ0) is 12.8. The predicted octanol–water partition coefficient (Wildman–Crippen LogP) is 3.53. The lowest BCUT2D eigenvalue weighted by molar-refractivity contribution is -0.124. The Kier molecular flexibility index (Phi) is 5.63. The number of carbonyl (C=O) groups is 1. The molecule has 96 valence electrons. The first-order chi connectivity index (χ1) is 8.00. The topological polar surface area (TPSA) is 26.3 Å². The van der Waals surface area contributed by atoms with E-state index in [0.717, 1.165) is 6.42 Å². The van der Waals surface area contributed by atoms with Crippen LogP contribution in [0.2, 0.25) is 0 Å². The van der Waals surface area contributed by atoms with Gasteiger partial charge in [-0.3, -0.25) is 4.79 Å². The van der Waals surface area contributed by atoms with E-state index in [1.54, 1.807) is 0 Å². The minimum absolute atomic E-state index is 0.222. The van der Waals surface area contributed by atoms with Crippen molar-refractivity contribution in [1.82, 2.24) is 0 Å². The molecule has 0 N–H and O–H groups in total. The lowest BCUT2D eigenvalue weighted by Gasteiger charge is -2.14. The largest absolute Gasteiger partial charge is 0.373 e. The van der Waals surface area contributed by atoms with Crippen LogP contribution in [-0.2, 0) is 9.53 Å². The van der Waals surface area contributed by atoms with Crippen LogP contribution in [0, 0.1) is 11.8 Å². The van der Waals surface area contributed by atoms with Gasteiger partial charge in [0.15, 0.2) is 5.78 Å². The van der Waals surface area contributed by atoms with Crippen molar-refractivity contribution >= 4 is 5.78 Å². The summed E-state index contributed by atoms with van der Waals surface area (Å²) in [6, 6.07) is 0. The van der Waals surface area contributed by atoms with Gasteiger partial charge in [0.25, 0.3) is 0 Å². The van der Waals surface area contributed by atoms with Crippen LogP contribution >= 0.6 is 0 Å². The molecular formula is C15H24O2. The van der Waals surface area contributed by atoms with Crippen LogP contribution in [0.15, 0.2) is 23.3 Å². The number of rotatable bonds is 7. The van der Waals surface area contributed by atoms with Gasteiger partial charge in [0.2, 0.25) is 0 Å². The summed E-state index contributed by atoms with van der Waals surface area (Å²) in [5.74, 6) is 1.19. The van der Waals surface area contributed by atoms with E-state index in [-0.39, 0.29) is 12.4 Å². The Morgan fingerprint density at radius 1 is 1.29 bits per heavy atom. The lowest BCUT2D eigenvalue weighted by atomic mass is 9.99. The predicted molar refractivity (Wildman–Crippen MR) is 70.9 cm³/mol. The third-order valence-corrected chi connectivity index (χ3v) is 3.26. The van der Waals surface area contributed by atoms with E-state index in [2.05, 4.69) is 39.8 Å². The summed E-state index contributed by atoms with van der Waals surface area (Å²) < 4.78 is 5.52. The Bertz CT molecular complexity index is 306. The lowest BCUT2D eigenvalue weighted by Crippen LogP contribution is -2.15. The molecule has 0 amide bonds. The molecule has 0 radical (unpaired) electrons. The minimum atomic E-state index is 0.222. The second-order valence-corrected chi connectivity index (χ2v) is 5.36. The van der Waals surface area contributed by atoms with Crippen LogP contribution in [0.3, 0.4) is 0 Å². The van der Waals surface area contributed by atoms with Crippen molar-refractivity contribution in [1.29, 1.82) is 0 Å². The van der Waals surface area contributed by atoms with Crippen molar-refractivity contribution in [3.8, 4) is 0 Å². The Morgan fingerprint density at radius 2 is 1.88 bits per heavy atom. The highest BCUT2D eigenvalue weighted by Gasteiger charge is 2.17. The van der Waals surface area contributed by atoms with Gasteiger partial charge in [-0.05, 0) is 26.2 Å². The van der Waals surface area contributed by atoms with Crippen LogP contribution in [0.4, 0.5) is 0 Å². The fraction of sp³-hybridized carbons (Fsp3) is 0.667. The molecule has 0 unspecified atom stereocenters. The summed E-state index contributed by atoms with van der Waals surface area (Å²) in [6.45, 7) is 9.40. The van der Waals surface area contributed by atoms with E-state index >= 15 is 0 Å². The maximum atomic E-state index is 11.5. The van der Waals surface area contributed by atoms with Gasteiger partial charge in [-0.15, -0.1) is 0 Å². The van der Waals surface area contributed by atoms with Crippen molar-refractivity contribution in [2.75, 3.05) is 13.2 Å². The highest BCUT2D eigenvalue weighted by molar-refractivity contribution is 5.79. The van der Waals surface area contributed by atoms with Gasteiger partial charge in [0, 0.05) is 12.3 Å². The van der Waals surface area contributed by atoms with Gasteiger partial charge < -0.3 is 4.74 Å². The van der Waals surface area contributed by atoms with Crippen molar-refractivity contribution < 1.29 is 9.53 Å². The molecule has 2 nitrogen and oxygen atoms in total. The minimum Gasteiger partial charge on any atom is -0.373 e. The molecule has 1 aliphatic carbocycles. The number of ketones is 1. The highest BCUT2D eigenvalue weighted by atomic mass is 16.5. The molecule has 0 atom stereocenters. The van der Waals surface area contributed by atoms with Crippen LogP contribution in [0.1, 0.15) is 40.5 Å². The van der Waals surface area contributed by atoms with E-state index < -0.39 is 0 Å². The Balaban J connectivity index is 2.18. The summed E-state index contributed by atoms with van der Waals surface area (Å²) in [5, 5.41) is 0. The molecule has 0 aliphatic heterocycles. The third-order valence-electron chi connectivity index (χ3n) is 3.26. The second kappa shape index (κ2) is 6.75. The quantitative estimate of drug-likeness (QED) is 0.676. The average molecular weight is 236 g/mol. The molecule has 0 heterocycles. The number of Topliss-reactive ketones (excluding diaryl/α,β-unsaturated/α-hetero) is 1. The van der Waals surface area contributed by atoms with Crippen LogP contribution < -0.4 is 0 Å². The van der Waals surface area contributed by atoms with Crippen LogP contribution in [-0.4, -0.2) is 19.0 Å². The number of allylic oxidation sites excluding steroid dienone is 2. The van der Waals surface area contributed by atoms with E-state index in [9.17, 15) is 4.79 Å². The molecule has 1 rings (SSSR count). The van der Waals surface area contributed by atoms with Gasteiger partial charge >= 0.3 is 0 Å². The molecule has 0 saturated heterocycles. The Hall–Kier alpha value is -0.890. The van der Waals surface area contributed by atoms with Gasteiger partial charge in [0.05, 0.1) is 6.61 Å². The summed E-state index contributed by atoms with van der Waals surface area (Å²) >= 11 is 0. The first-order valence-electron chi connectivity index (χ1n) is 6.45. The van der Waals surface area contributed by atoms with Crippen LogP contribution in [0.25, 0.3) is 0 Å². The molecule has 17 heavy (non-hydrogen) atoms. The molecule has 1 aliphatic rings. The Morgan fingerprint density at radius 3 is 2.41 bits per heavy atom. The maximum Gasteiger partial charge on any atom is 0.158 e. The molecule has 0 aromatic carbocycles. The molecule has 0 saturated carbocycles. The zero-order valence-corrected chi connectivity index (χ0v) is 11.5. The smallest absolute Gasteiger partial charge is 0.158 e. The molecule has 0 fully saturated rings. The summed E-state index contributed by atoms with van der Waals surface area (Å²) in [6.07, 6.45) is 5.86. The SMILES string of the molecule is CC1=CC=C(C)C1COCC(=O)CCC(C)C. The normalized spacial score (nSPS) is 16.3. The second-order valence-electron chi connectivity index (χ2n) is 5.36. The van der Waals surface area contributed by atoms with Gasteiger partial charge in [-0.25, -0.2) is 0 Å². The van der Waals surface area contributed by atoms with Crippen molar-refractivity contribution in [3.05, 3.63) is 23.3 Å². The fourth-order valence-electron chi connectivity index (χ4n) is 1.93. The van der Waals surface area contributed by atoms with Crippen LogP contribution in [0.5, 0.6) is 0 Å². The molecule has 0 aromatic heterocycles. The van der Waals surface area contributed by atoms with Crippen molar-refractivity contribution in [2.24, 2.45) is 11.8 Å². The maximum absolute atomic E-state index is 11.5. The molecule has 0 aromatic rings. The van der Waals surface area contributed by atoms with Crippen molar-refractivity contribution in [2.45, 2.75) is 40.5 Å². The zero-order valence-electron chi connectivity index (χ0n) is 11.5. The number of ether oxygens (including phenoxy) is 1. The highest BCUT2D eigenvalue weighted by Crippen LogP contribution is 2.26. The summed E-state index contributed by atoms with van der Waals surface area (Å²) in [7, 11) is 0. The number of hydrogen-bond donors (Lipinski definition) is 0. The first kappa shape index (κ1) is 14.2. The fourth-order valence-corrected chi connectivity index (χ4v) is 1.93. The standard InChI is InChI=1S/C15H24O2/c1-11(2)5-8-14(16)9-17-10-15-12(3)6-7-13(15)4/h6-7,11,15H,5,8-10H2,1-4H3. The monoisotopic (exact) mass is 236 g/mol. The van der Waals surface area contributed by atoms with E-state index in [1.807, 2.05) is 0 Å². The first-order valence-corrected chi connectivity index (χ1v) is 6.45. The molecule has 0 spiro atoms. The van der Waals surface area contributed by atoms with Gasteiger partial charge in [-0.1, -0.05) is 37.1 Å². The van der Waals surface area contributed by atoms with E-state index in [4.69, 9.17) is 4.74 Å². The summed E-state index contributed by atoms with van der Waals surface area (Å²) in [5.41, 5.74) is 2.66. The number of carbonyl (C=O) groups excluding carboxylic acids is 1. The molecular weight excluding hydrogens is 212 g/mol. The third kappa shape index (κ3) is 4.86. The molecule has 0 bridgehead atoms. The van der Waals surface area contributed by atoms with Crippen molar-refractivity contribution in [3.63, 3.8) is 0 Å².